The minimum absolute atomic E-state index is 0.0574. The molecule has 0 saturated heterocycles. The fraction of sp³-hybridized carbons (Fsp3) is 0.333. The number of hydrogen-bond donors (Lipinski definition) is 5. The quantitative estimate of drug-likeness (QED) is 0.00724. The summed E-state index contributed by atoms with van der Waals surface area (Å²) in [6, 6.07) is 34.5. The Labute approximate surface area is 463 Å². The lowest BCUT2D eigenvalue weighted by Crippen LogP contribution is -2.53. The number of unbranched alkanes of at least 4 members (excludes halogenated alkanes) is 5. The molecule has 5 N–H and O–H groups in total. The zero-order chi connectivity index (χ0) is 56.6. The van der Waals surface area contributed by atoms with Gasteiger partial charge in [0.25, 0.3) is 17.5 Å². The molecule has 0 radical (unpaired) electrons. The highest BCUT2D eigenvalue weighted by Crippen LogP contribution is 2.44. The number of rotatable bonds is 30. The van der Waals surface area contributed by atoms with E-state index in [9.17, 15) is 48.5 Å². The Morgan fingerprint density at radius 2 is 1.20 bits per heavy atom. The number of nitro groups is 1. The Hall–Kier alpha value is -9.20. The van der Waals surface area contributed by atoms with Crippen LogP contribution in [0.25, 0.3) is 11.1 Å². The Morgan fingerprint density at radius 3 is 1.88 bits per heavy atom. The molecule has 418 valence electrons. The number of nitrogens with zero attached hydrogens (tertiary/aromatic N) is 2. The van der Waals surface area contributed by atoms with Gasteiger partial charge in [-0.1, -0.05) is 104 Å². The SMILES string of the molecule is O=C(CCCCCN1C(=O)C=CC1=O)NCCCCCC(=O)N[C@@H](Cc1ccccc1)C(=O)NC(CCCCNC(=O)OCC1c2ccccc2-c2ccccc21)C(=O)Nc1ccc(COC(=O)Oc2ccc([N+](=O)[O-])cc2)cc1. The summed E-state index contributed by atoms with van der Waals surface area (Å²) in [7, 11) is 0. The number of hydrogen-bond acceptors (Lipinski definition) is 13. The van der Waals surface area contributed by atoms with Crippen molar-refractivity contribution in [2.45, 2.75) is 102 Å². The predicted molar refractivity (Wildman–Crippen MR) is 296 cm³/mol. The van der Waals surface area contributed by atoms with Crippen LogP contribution < -0.4 is 31.3 Å². The number of non-ortho nitro benzene ring substituents is 1. The van der Waals surface area contributed by atoms with E-state index >= 15 is 0 Å². The maximum absolute atomic E-state index is 14.2. The van der Waals surface area contributed by atoms with Crippen molar-refractivity contribution >= 4 is 59.1 Å². The number of nitro benzene ring substituents is 1. The number of ether oxygens (including phenoxy) is 3. The van der Waals surface area contributed by atoms with Crippen LogP contribution in [0.2, 0.25) is 0 Å². The molecule has 0 bridgehead atoms. The van der Waals surface area contributed by atoms with E-state index in [-0.39, 0.29) is 80.0 Å². The van der Waals surface area contributed by atoms with Crippen LogP contribution in [-0.2, 0) is 51.3 Å². The van der Waals surface area contributed by atoms with Gasteiger partial charge in [-0.05, 0) is 103 Å². The second kappa shape index (κ2) is 30.1. The second-order valence-corrected chi connectivity index (χ2v) is 19.3. The first-order chi connectivity index (χ1) is 38.8. The summed E-state index contributed by atoms with van der Waals surface area (Å²) in [6.07, 6.45) is 6.14. The van der Waals surface area contributed by atoms with Crippen LogP contribution in [-0.4, -0.2) is 95.8 Å². The molecule has 2 aliphatic rings. The van der Waals surface area contributed by atoms with E-state index < -0.39 is 41.1 Å². The third-order valence-electron chi connectivity index (χ3n) is 13.5. The van der Waals surface area contributed by atoms with Gasteiger partial charge in [0.1, 0.15) is 31.0 Å². The average Bonchev–Trinajstić information content (AvgIpc) is 4.05. The molecule has 5 aromatic rings. The van der Waals surface area contributed by atoms with E-state index in [0.717, 1.165) is 27.8 Å². The average molecular weight is 1090 g/mol. The van der Waals surface area contributed by atoms with Crippen LogP contribution in [0.15, 0.2) is 140 Å². The van der Waals surface area contributed by atoms with E-state index in [1.807, 2.05) is 66.7 Å². The molecular formula is C60H65N7O13. The van der Waals surface area contributed by atoms with Crippen molar-refractivity contribution in [3.05, 3.63) is 172 Å². The van der Waals surface area contributed by atoms with Gasteiger partial charge >= 0.3 is 12.2 Å². The zero-order valence-corrected chi connectivity index (χ0v) is 44.2. The fourth-order valence-corrected chi connectivity index (χ4v) is 9.28. The molecular weight excluding hydrogens is 1030 g/mol. The first kappa shape index (κ1) is 58.5. The van der Waals surface area contributed by atoms with Crippen LogP contribution in [0.3, 0.4) is 0 Å². The zero-order valence-electron chi connectivity index (χ0n) is 44.2. The van der Waals surface area contributed by atoms with Gasteiger partial charge in [-0.25, -0.2) is 9.59 Å². The Balaban J connectivity index is 0.897. The molecule has 0 spiro atoms. The van der Waals surface area contributed by atoms with Crippen molar-refractivity contribution in [3.63, 3.8) is 0 Å². The highest BCUT2D eigenvalue weighted by molar-refractivity contribution is 6.12. The van der Waals surface area contributed by atoms with Crippen LogP contribution in [0.4, 0.5) is 21.0 Å². The number of carbonyl (C=O) groups excluding carboxylic acids is 8. The molecule has 0 fully saturated rings. The summed E-state index contributed by atoms with van der Waals surface area (Å²) in [5, 5.41) is 25.2. The van der Waals surface area contributed by atoms with Gasteiger partial charge in [-0.3, -0.25) is 43.8 Å². The normalized spacial score (nSPS) is 13.1. The topological polar surface area (TPSA) is 271 Å². The Kier molecular flexibility index (Phi) is 22.0. The molecule has 80 heavy (non-hydrogen) atoms. The molecule has 1 aliphatic heterocycles. The molecule has 0 saturated carbocycles. The molecule has 7 rings (SSSR count). The summed E-state index contributed by atoms with van der Waals surface area (Å²) in [5.41, 5.74) is 5.94. The number of nitrogens with one attached hydrogen (secondary N) is 5. The molecule has 1 heterocycles. The van der Waals surface area contributed by atoms with Crippen LogP contribution >= 0.6 is 0 Å². The van der Waals surface area contributed by atoms with Crippen molar-refractivity contribution in [2.24, 2.45) is 0 Å². The van der Waals surface area contributed by atoms with Crippen molar-refractivity contribution in [3.8, 4) is 16.9 Å². The van der Waals surface area contributed by atoms with Gasteiger partial charge < -0.3 is 40.8 Å². The minimum Gasteiger partial charge on any atom is -0.449 e. The molecule has 5 aromatic carbocycles. The highest BCUT2D eigenvalue weighted by Gasteiger charge is 2.30. The Bertz CT molecular complexity index is 2940. The minimum atomic E-state index is -1.08. The first-order valence-electron chi connectivity index (χ1n) is 26.8. The number of alkyl carbamates (subject to hydrolysis) is 1. The molecule has 0 aromatic heterocycles. The van der Waals surface area contributed by atoms with Crippen LogP contribution in [0, 0.1) is 10.1 Å². The van der Waals surface area contributed by atoms with E-state index in [1.165, 1.54) is 41.3 Å². The van der Waals surface area contributed by atoms with E-state index in [1.54, 1.807) is 24.3 Å². The second-order valence-electron chi connectivity index (χ2n) is 19.3. The maximum Gasteiger partial charge on any atom is 0.514 e. The van der Waals surface area contributed by atoms with Gasteiger partial charge in [0, 0.05) is 74.8 Å². The van der Waals surface area contributed by atoms with Crippen molar-refractivity contribution < 1.29 is 57.5 Å². The first-order valence-corrected chi connectivity index (χ1v) is 26.8. The highest BCUT2D eigenvalue weighted by atomic mass is 16.7. The van der Waals surface area contributed by atoms with Crippen molar-refractivity contribution in [1.29, 1.82) is 0 Å². The van der Waals surface area contributed by atoms with E-state index in [0.29, 0.717) is 82.1 Å². The number of benzene rings is 5. The van der Waals surface area contributed by atoms with Gasteiger partial charge in [-0.15, -0.1) is 0 Å². The van der Waals surface area contributed by atoms with Crippen LogP contribution in [0.5, 0.6) is 5.75 Å². The molecule has 2 atom stereocenters. The number of amides is 7. The lowest BCUT2D eigenvalue weighted by Gasteiger charge is -2.24. The van der Waals surface area contributed by atoms with Gasteiger partial charge in [0.05, 0.1) is 4.92 Å². The van der Waals surface area contributed by atoms with E-state index in [4.69, 9.17) is 14.2 Å². The maximum atomic E-state index is 14.2. The summed E-state index contributed by atoms with van der Waals surface area (Å²) in [6.45, 7) is 0.947. The standard InChI is InChI=1S/C60H65N7O13/c68-53(23-7-3-15-37-66-55(70)33-34-56(66)71)61-35-13-2-6-24-54(69)64-52(38-41-16-4-1-5-17-41)58(73)65-51(22-12-14-36-62-59(74)78-40-50-48-20-10-8-18-46(48)47-19-9-11-21-49(47)50)57(72)63-43-27-25-42(26-28-43)39-79-60(75)80-45-31-29-44(30-32-45)67(76)77/h1,4-5,8-11,16-21,25-34,50-52H,2-3,6-7,12-15,22-24,35-40H2,(H,61,68)(H,62,74)(H,63,72)(H,64,69)(H,65,73)/t51?,52-/m0/s1. The van der Waals surface area contributed by atoms with Crippen molar-refractivity contribution in [2.75, 3.05) is 31.6 Å². The Morgan fingerprint density at radius 1 is 0.588 bits per heavy atom. The molecule has 1 unspecified atom stereocenters. The van der Waals surface area contributed by atoms with E-state index in [2.05, 4.69) is 38.7 Å². The molecule has 20 heteroatoms. The smallest absolute Gasteiger partial charge is 0.449 e. The lowest BCUT2D eigenvalue weighted by atomic mass is 9.98. The largest absolute Gasteiger partial charge is 0.514 e. The monoisotopic (exact) mass is 1090 g/mol. The van der Waals surface area contributed by atoms with Gasteiger partial charge in [0.15, 0.2) is 0 Å². The van der Waals surface area contributed by atoms with Gasteiger partial charge in [0.2, 0.25) is 23.6 Å². The number of fused-ring (bicyclic) bond motifs is 3. The summed E-state index contributed by atoms with van der Waals surface area (Å²) >= 11 is 0. The van der Waals surface area contributed by atoms with Crippen LogP contribution in [0.1, 0.15) is 98.8 Å². The fourth-order valence-electron chi connectivity index (χ4n) is 9.28. The summed E-state index contributed by atoms with van der Waals surface area (Å²) < 4.78 is 16.0. The summed E-state index contributed by atoms with van der Waals surface area (Å²) in [4.78, 5) is 114. The number of imide groups is 1. The lowest BCUT2D eigenvalue weighted by molar-refractivity contribution is -0.384. The van der Waals surface area contributed by atoms with Gasteiger partial charge in [-0.2, -0.15) is 0 Å². The molecule has 1 aliphatic carbocycles. The number of anilines is 1. The van der Waals surface area contributed by atoms with Crippen molar-refractivity contribution in [1.82, 2.24) is 26.2 Å². The number of carbonyl (C=O) groups is 8. The third kappa shape index (κ3) is 17.9. The summed E-state index contributed by atoms with van der Waals surface area (Å²) in [5.74, 6) is -2.27. The molecule has 7 amide bonds. The predicted octanol–water partition coefficient (Wildman–Crippen LogP) is 8.33. The molecule has 20 nitrogen and oxygen atoms in total. The third-order valence-corrected chi connectivity index (χ3v) is 13.5.